The first-order chi connectivity index (χ1) is 11.4. The molecule has 142 valence electrons. The minimum Gasteiger partial charge on any atom is -0.462 e. The topological polar surface area (TPSA) is 75.7 Å². The van der Waals surface area contributed by atoms with Crippen LogP contribution in [0.3, 0.4) is 0 Å². The minimum absolute atomic E-state index is 0. The number of hydrogen-bond donors (Lipinski definition) is 1. The van der Waals surface area contributed by atoms with Crippen molar-refractivity contribution < 1.29 is 22.3 Å². The number of rotatable bonds is 6. The van der Waals surface area contributed by atoms with E-state index in [0.717, 1.165) is 31.5 Å². The fourth-order valence-electron chi connectivity index (χ4n) is 2.89. The highest BCUT2D eigenvalue weighted by Crippen LogP contribution is 2.25. The van der Waals surface area contributed by atoms with E-state index in [0.29, 0.717) is 13.1 Å². The molecule has 1 unspecified atom stereocenters. The van der Waals surface area contributed by atoms with E-state index in [1.807, 2.05) is 7.05 Å². The molecule has 1 saturated heterocycles. The second-order valence-corrected chi connectivity index (χ2v) is 7.76. The predicted octanol–water partition coefficient (Wildman–Crippen LogP) is 2.04. The number of carbonyl (C=O) groups excluding carboxylic acids is 1. The summed E-state index contributed by atoms with van der Waals surface area (Å²) in [7, 11) is -2.02. The number of nitrogens with one attached hydrogen (secondary N) is 1. The molecule has 1 aliphatic rings. The second kappa shape index (κ2) is 9.47. The van der Waals surface area contributed by atoms with Crippen LogP contribution in [0.25, 0.3) is 0 Å². The Hall–Kier alpha value is -1.22. The zero-order chi connectivity index (χ0) is 17.7. The molecule has 25 heavy (non-hydrogen) atoms. The van der Waals surface area contributed by atoms with Crippen LogP contribution in [-0.2, 0) is 14.8 Å². The van der Waals surface area contributed by atoms with Crippen LogP contribution >= 0.6 is 12.4 Å². The first-order valence-electron chi connectivity index (χ1n) is 8.01. The van der Waals surface area contributed by atoms with E-state index in [2.05, 4.69) is 5.32 Å². The SMILES string of the molecule is CCOC(=O)c1cc(F)cc(S(=O)(=O)N2CCCC(CNC)C2)c1.Cl. The van der Waals surface area contributed by atoms with Gasteiger partial charge in [-0.05, 0) is 57.5 Å². The quantitative estimate of drug-likeness (QED) is 0.747. The van der Waals surface area contributed by atoms with Gasteiger partial charge < -0.3 is 10.1 Å². The van der Waals surface area contributed by atoms with Crippen molar-refractivity contribution in [1.82, 2.24) is 9.62 Å². The summed E-state index contributed by atoms with van der Waals surface area (Å²) in [6.07, 6.45) is 1.70. The number of benzene rings is 1. The summed E-state index contributed by atoms with van der Waals surface area (Å²) in [6, 6.07) is 3.11. The lowest BCUT2D eigenvalue weighted by Gasteiger charge is -2.31. The molecule has 6 nitrogen and oxygen atoms in total. The van der Waals surface area contributed by atoms with Gasteiger partial charge in [-0.25, -0.2) is 17.6 Å². The number of nitrogens with zero attached hydrogens (tertiary/aromatic N) is 1. The van der Waals surface area contributed by atoms with Gasteiger partial charge in [-0.3, -0.25) is 0 Å². The minimum atomic E-state index is -3.85. The van der Waals surface area contributed by atoms with Crippen molar-refractivity contribution in [3.63, 3.8) is 0 Å². The zero-order valence-electron chi connectivity index (χ0n) is 14.3. The average molecular weight is 395 g/mol. The predicted molar refractivity (Wildman–Crippen MR) is 95.0 cm³/mol. The van der Waals surface area contributed by atoms with Gasteiger partial charge in [0.1, 0.15) is 5.82 Å². The van der Waals surface area contributed by atoms with E-state index in [9.17, 15) is 17.6 Å². The van der Waals surface area contributed by atoms with Crippen LogP contribution in [-0.4, -0.2) is 52.0 Å². The normalized spacial score (nSPS) is 18.4. The molecule has 0 radical (unpaired) electrons. The number of esters is 1. The van der Waals surface area contributed by atoms with E-state index in [4.69, 9.17) is 4.74 Å². The Labute approximate surface area is 154 Å². The Kier molecular flexibility index (Phi) is 8.27. The summed E-state index contributed by atoms with van der Waals surface area (Å²) >= 11 is 0. The molecular formula is C16H24ClFN2O4S. The summed E-state index contributed by atoms with van der Waals surface area (Å²) < 4.78 is 45.6. The van der Waals surface area contributed by atoms with Gasteiger partial charge in [0.15, 0.2) is 0 Å². The Morgan fingerprint density at radius 3 is 2.76 bits per heavy atom. The smallest absolute Gasteiger partial charge is 0.338 e. The van der Waals surface area contributed by atoms with Crippen molar-refractivity contribution in [1.29, 1.82) is 0 Å². The molecule has 1 aliphatic heterocycles. The summed E-state index contributed by atoms with van der Waals surface area (Å²) in [5, 5.41) is 3.05. The standard InChI is InChI=1S/C16H23FN2O4S.ClH/c1-3-23-16(20)13-7-14(17)9-15(8-13)24(21,22)19-6-4-5-12(11-19)10-18-2;/h7-9,12,18H,3-6,10-11H2,1-2H3;1H. The molecular weight excluding hydrogens is 371 g/mol. The zero-order valence-corrected chi connectivity index (χ0v) is 16.0. The van der Waals surface area contributed by atoms with E-state index in [-0.39, 0.29) is 35.4 Å². The summed E-state index contributed by atoms with van der Waals surface area (Å²) in [4.78, 5) is 11.6. The Bertz CT molecular complexity index is 697. The third-order valence-electron chi connectivity index (χ3n) is 3.99. The van der Waals surface area contributed by atoms with Gasteiger partial charge in [-0.1, -0.05) is 0 Å². The Balaban J connectivity index is 0.00000312. The summed E-state index contributed by atoms with van der Waals surface area (Å²) in [5.41, 5.74) is -0.0980. The molecule has 0 amide bonds. The van der Waals surface area contributed by atoms with Crippen molar-refractivity contribution in [2.45, 2.75) is 24.7 Å². The van der Waals surface area contributed by atoms with Gasteiger partial charge in [0.2, 0.25) is 10.0 Å². The van der Waals surface area contributed by atoms with E-state index >= 15 is 0 Å². The number of ether oxygens (including phenoxy) is 1. The maximum Gasteiger partial charge on any atom is 0.338 e. The summed E-state index contributed by atoms with van der Waals surface area (Å²) in [6.45, 7) is 3.27. The number of carbonyl (C=O) groups is 1. The molecule has 1 aromatic carbocycles. The number of halogens is 2. The second-order valence-electron chi connectivity index (χ2n) is 5.83. The molecule has 1 heterocycles. The average Bonchev–Trinajstić information content (AvgIpc) is 2.55. The molecule has 1 atom stereocenters. The highest BCUT2D eigenvalue weighted by molar-refractivity contribution is 7.89. The molecule has 1 fully saturated rings. The molecule has 9 heteroatoms. The van der Waals surface area contributed by atoms with Crippen molar-refractivity contribution in [3.8, 4) is 0 Å². The molecule has 1 aromatic rings. The van der Waals surface area contributed by atoms with Gasteiger partial charge in [0, 0.05) is 13.1 Å². The van der Waals surface area contributed by atoms with E-state index in [1.54, 1.807) is 6.92 Å². The van der Waals surface area contributed by atoms with Crippen LogP contribution < -0.4 is 5.32 Å². The third kappa shape index (κ3) is 5.37. The van der Waals surface area contributed by atoms with Gasteiger partial charge in [0.25, 0.3) is 0 Å². The van der Waals surface area contributed by atoms with Crippen LogP contribution in [0.15, 0.2) is 23.1 Å². The van der Waals surface area contributed by atoms with Gasteiger partial charge in [-0.2, -0.15) is 4.31 Å². The molecule has 0 spiro atoms. The number of sulfonamides is 1. The molecule has 0 bridgehead atoms. The maximum absolute atomic E-state index is 13.8. The largest absolute Gasteiger partial charge is 0.462 e. The first kappa shape index (κ1) is 21.8. The molecule has 0 aromatic heterocycles. The lowest BCUT2D eigenvalue weighted by molar-refractivity contribution is 0.0525. The number of piperidine rings is 1. The lowest BCUT2D eigenvalue weighted by Crippen LogP contribution is -2.42. The lowest BCUT2D eigenvalue weighted by atomic mass is 10.00. The monoisotopic (exact) mass is 394 g/mol. The number of hydrogen-bond acceptors (Lipinski definition) is 5. The maximum atomic E-state index is 13.8. The Morgan fingerprint density at radius 1 is 1.40 bits per heavy atom. The van der Waals surface area contributed by atoms with Crippen LogP contribution in [0.1, 0.15) is 30.1 Å². The van der Waals surface area contributed by atoms with Gasteiger partial charge >= 0.3 is 5.97 Å². The molecule has 1 N–H and O–H groups in total. The van der Waals surface area contributed by atoms with Crippen molar-refractivity contribution in [2.75, 3.05) is 33.3 Å². The third-order valence-corrected chi connectivity index (χ3v) is 5.84. The van der Waals surface area contributed by atoms with Gasteiger partial charge in [0.05, 0.1) is 17.1 Å². The molecule has 0 aliphatic carbocycles. The van der Waals surface area contributed by atoms with Gasteiger partial charge in [-0.15, -0.1) is 12.4 Å². The summed E-state index contributed by atoms with van der Waals surface area (Å²) in [5.74, 6) is -1.29. The fraction of sp³-hybridized carbons (Fsp3) is 0.562. The van der Waals surface area contributed by atoms with Crippen LogP contribution in [0.2, 0.25) is 0 Å². The van der Waals surface area contributed by atoms with Crippen molar-refractivity contribution in [2.24, 2.45) is 5.92 Å². The van der Waals surface area contributed by atoms with Crippen LogP contribution in [0, 0.1) is 11.7 Å². The van der Waals surface area contributed by atoms with E-state index < -0.39 is 21.8 Å². The van der Waals surface area contributed by atoms with Crippen LogP contribution in [0.4, 0.5) is 4.39 Å². The molecule has 2 rings (SSSR count). The van der Waals surface area contributed by atoms with Crippen LogP contribution in [0.5, 0.6) is 0 Å². The van der Waals surface area contributed by atoms with Crippen molar-refractivity contribution >= 4 is 28.4 Å². The first-order valence-corrected chi connectivity index (χ1v) is 9.45. The fourth-order valence-corrected chi connectivity index (χ4v) is 4.51. The highest BCUT2D eigenvalue weighted by atomic mass is 35.5. The molecule has 0 saturated carbocycles. The van der Waals surface area contributed by atoms with Crippen molar-refractivity contribution in [3.05, 3.63) is 29.6 Å². The van der Waals surface area contributed by atoms with E-state index in [1.165, 1.54) is 10.4 Å². The Morgan fingerprint density at radius 2 is 2.12 bits per heavy atom. The highest BCUT2D eigenvalue weighted by Gasteiger charge is 2.31.